The van der Waals surface area contributed by atoms with Crippen molar-refractivity contribution in [2.24, 2.45) is 5.41 Å². The number of rotatable bonds is 6. The lowest BCUT2D eigenvalue weighted by Gasteiger charge is -2.33. The number of hydrogen-bond donors (Lipinski definition) is 2. The molecule has 3 N–H and O–H groups in total. The zero-order valence-electron chi connectivity index (χ0n) is 18.4. The molecule has 2 fully saturated rings. The molecule has 168 valence electrons. The molecule has 6 heteroatoms. The van der Waals surface area contributed by atoms with Crippen molar-refractivity contribution >= 4 is 16.5 Å². The van der Waals surface area contributed by atoms with Gasteiger partial charge in [-0.25, -0.2) is 0 Å². The van der Waals surface area contributed by atoms with Crippen LogP contribution >= 0.6 is 0 Å². The molecule has 1 unspecified atom stereocenters. The summed E-state index contributed by atoms with van der Waals surface area (Å²) >= 11 is 0. The van der Waals surface area contributed by atoms with Crippen LogP contribution in [0.2, 0.25) is 0 Å². The number of pyridine rings is 1. The number of fused-ring (bicyclic) bond motifs is 1. The highest BCUT2D eigenvalue weighted by atomic mass is 16.5. The largest absolute Gasteiger partial charge is 0.491 e. The molecule has 2 aliphatic heterocycles. The Bertz CT molecular complexity index is 1080. The summed E-state index contributed by atoms with van der Waals surface area (Å²) in [4.78, 5) is 6.57. The van der Waals surface area contributed by atoms with E-state index in [0.717, 1.165) is 66.8 Å². The summed E-state index contributed by atoms with van der Waals surface area (Å²) in [5.41, 5.74) is 9.17. The molecule has 6 nitrogen and oxygen atoms in total. The van der Waals surface area contributed by atoms with Crippen LogP contribution < -0.4 is 10.5 Å². The zero-order valence-corrected chi connectivity index (χ0v) is 18.4. The van der Waals surface area contributed by atoms with Gasteiger partial charge in [-0.05, 0) is 71.8 Å². The monoisotopic (exact) mass is 433 g/mol. The van der Waals surface area contributed by atoms with Gasteiger partial charge >= 0.3 is 0 Å². The number of β-amino-alcohol motifs (C(OH)–C–C–N with tert-alkyl or cyclic N) is 1. The number of aliphatic hydroxyl groups excluding tert-OH is 1. The van der Waals surface area contributed by atoms with Gasteiger partial charge in [-0.3, -0.25) is 4.98 Å². The van der Waals surface area contributed by atoms with Crippen LogP contribution in [0.1, 0.15) is 19.3 Å². The molecule has 1 spiro atoms. The molecule has 1 atom stereocenters. The topological polar surface area (TPSA) is 80.8 Å². The molecule has 2 aliphatic rings. The minimum atomic E-state index is -0.512. The molecule has 32 heavy (non-hydrogen) atoms. The van der Waals surface area contributed by atoms with Crippen LogP contribution in [0.25, 0.3) is 21.9 Å². The maximum atomic E-state index is 10.6. The van der Waals surface area contributed by atoms with Crippen molar-refractivity contribution in [3.05, 3.63) is 54.9 Å². The number of nitrogens with two attached hydrogens (primary N) is 1. The molecular weight excluding hydrogens is 402 g/mol. The van der Waals surface area contributed by atoms with Crippen molar-refractivity contribution in [1.29, 1.82) is 0 Å². The second kappa shape index (κ2) is 9.06. The predicted molar refractivity (Wildman–Crippen MR) is 127 cm³/mol. The highest BCUT2D eigenvalue weighted by Crippen LogP contribution is 2.39. The van der Waals surface area contributed by atoms with E-state index in [2.05, 4.69) is 28.1 Å². The highest BCUT2D eigenvalue weighted by molar-refractivity contribution is 5.90. The van der Waals surface area contributed by atoms with Gasteiger partial charge in [0.2, 0.25) is 0 Å². The predicted octanol–water partition coefficient (Wildman–Crippen LogP) is 3.73. The Balaban J connectivity index is 1.21. The van der Waals surface area contributed by atoms with Gasteiger partial charge in [0.15, 0.2) is 0 Å². The molecule has 1 aromatic heterocycles. The molecule has 2 saturated heterocycles. The Labute approximate surface area is 189 Å². The SMILES string of the molecule is Nc1ccncc1-c1ccc2ccc(OCC(O)CN3CCC4(CCOCC4)C3)cc2c1. The number of aliphatic hydroxyl groups is 1. The lowest BCUT2D eigenvalue weighted by Crippen LogP contribution is -2.37. The molecular formula is C26H31N3O3. The molecule has 5 rings (SSSR count). The Morgan fingerprint density at radius 3 is 2.78 bits per heavy atom. The van der Waals surface area contributed by atoms with E-state index in [1.165, 1.54) is 6.42 Å². The van der Waals surface area contributed by atoms with Crippen molar-refractivity contribution in [1.82, 2.24) is 9.88 Å². The Hall–Kier alpha value is -2.67. The maximum absolute atomic E-state index is 10.6. The molecule has 2 aromatic carbocycles. The lowest BCUT2D eigenvalue weighted by atomic mass is 9.80. The first-order valence-corrected chi connectivity index (χ1v) is 11.4. The fraction of sp³-hybridized carbons (Fsp3) is 0.423. The average Bonchev–Trinajstić information content (AvgIpc) is 3.19. The molecule has 0 amide bonds. The van der Waals surface area contributed by atoms with Gasteiger partial charge in [0, 0.05) is 49.9 Å². The number of aromatic nitrogens is 1. The highest BCUT2D eigenvalue weighted by Gasteiger charge is 2.39. The Morgan fingerprint density at radius 1 is 1.09 bits per heavy atom. The fourth-order valence-corrected chi connectivity index (χ4v) is 5.07. The molecule has 0 aliphatic carbocycles. The average molecular weight is 434 g/mol. The first-order chi connectivity index (χ1) is 15.6. The number of benzene rings is 2. The van der Waals surface area contributed by atoms with E-state index in [9.17, 15) is 5.11 Å². The van der Waals surface area contributed by atoms with E-state index >= 15 is 0 Å². The Kier molecular flexibility index (Phi) is 6.00. The van der Waals surface area contributed by atoms with Crippen molar-refractivity contribution in [3.8, 4) is 16.9 Å². The van der Waals surface area contributed by atoms with Gasteiger partial charge in [-0.1, -0.05) is 18.2 Å². The first-order valence-electron chi connectivity index (χ1n) is 11.4. The van der Waals surface area contributed by atoms with Crippen molar-refractivity contribution < 1.29 is 14.6 Å². The summed E-state index contributed by atoms with van der Waals surface area (Å²) in [5, 5.41) is 12.8. The third kappa shape index (κ3) is 4.58. The van der Waals surface area contributed by atoms with E-state index in [-0.39, 0.29) is 6.61 Å². The summed E-state index contributed by atoms with van der Waals surface area (Å²) in [6.45, 7) is 4.79. The van der Waals surface area contributed by atoms with E-state index in [1.54, 1.807) is 12.4 Å². The van der Waals surface area contributed by atoms with Crippen LogP contribution in [-0.4, -0.2) is 60.5 Å². The van der Waals surface area contributed by atoms with Crippen molar-refractivity contribution in [2.45, 2.75) is 25.4 Å². The summed E-state index contributed by atoms with van der Waals surface area (Å²) in [7, 11) is 0. The molecule has 0 saturated carbocycles. The molecule has 0 bridgehead atoms. The van der Waals surface area contributed by atoms with Crippen molar-refractivity contribution in [2.75, 3.05) is 45.2 Å². The number of nitrogens with zero attached hydrogens (tertiary/aromatic N) is 2. The van der Waals surface area contributed by atoms with E-state index in [1.807, 2.05) is 24.3 Å². The van der Waals surface area contributed by atoms with Crippen molar-refractivity contribution in [3.63, 3.8) is 0 Å². The maximum Gasteiger partial charge on any atom is 0.120 e. The van der Waals surface area contributed by atoms with Crippen LogP contribution in [0.5, 0.6) is 5.75 Å². The summed E-state index contributed by atoms with van der Waals surface area (Å²) in [5.74, 6) is 0.759. The van der Waals surface area contributed by atoms with Gasteiger partial charge in [0.05, 0.1) is 0 Å². The minimum absolute atomic E-state index is 0.285. The van der Waals surface area contributed by atoms with E-state index in [4.69, 9.17) is 15.2 Å². The second-order valence-electron chi connectivity index (χ2n) is 9.25. The number of ether oxygens (including phenoxy) is 2. The standard InChI is InChI=1S/C26H31N3O3/c27-25-5-9-28-15-24(25)20-2-1-19-3-4-23(14-21(19)13-20)32-17-22(30)16-29-10-6-26(18-29)7-11-31-12-8-26/h1-5,9,13-15,22,30H,6-8,10-12,16-18H2,(H2,27,28). The normalized spacial score (nSPS) is 19.4. The number of anilines is 1. The summed E-state index contributed by atoms with van der Waals surface area (Å²) in [6, 6.07) is 14.1. The molecule has 3 heterocycles. The van der Waals surface area contributed by atoms with Gasteiger partial charge in [0.25, 0.3) is 0 Å². The molecule has 3 aromatic rings. The second-order valence-corrected chi connectivity index (χ2v) is 9.25. The Morgan fingerprint density at radius 2 is 1.94 bits per heavy atom. The van der Waals surface area contributed by atoms with E-state index in [0.29, 0.717) is 17.6 Å². The van der Waals surface area contributed by atoms with Crippen LogP contribution in [0, 0.1) is 5.41 Å². The smallest absolute Gasteiger partial charge is 0.120 e. The minimum Gasteiger partial charge on any atom is -0.491 e. The van der Waals surface area contributed by atoms with Gasteiger partial charge in [-0.2, -0.15) is 0 Å². The van der Waals surface area contributed by atoms with Gasteiger partial charge in [0.1, 0.15) is 18.5 Å². The van der Waals surface area contributed by atoms with Crippen LogP contribution in [0.15, 0.2) is 54.9 Å². The third-order valence-corrected chi connectivity index (χ3v) is 6.96. The zero-order chi connectivity index (χ0) is 22.0. The number of hydrogen-bond acceptors (Lipinski definition) is 6. The van der Waals surface area contributed by atoms with Crippen LogP contribution in [-0.2, 0) is 4.74 Å². The van der Waals surface area contributed by atoms with Crippen LogP contribution in [0.4, 0.5) is 5.69 Å². The summed E-state index contributed by atoms with van der Waals surface area (Å²) < 4.78 is 11.5. The first kappa shape index (κ1) is 21.2. The quantitative estimate of drug-likeness (QED) is 0.617. The van der Waals surface area contributed by atoms with Crippen LogP contribution in [0.3, 0.4) is 0 Å². The fourth-order valence-electron chi connectivity index (χ4n) is 5.07. The van der Waals surface area contributed by atoms with Gasteiger partial charge < -0.3 is 25.2 Å². The van der Waals surface area contributed by atoms with E-state index < -0.39 is 6.10 Å². The number of nitrogen functional groups attached to an aromatic ring is 1. The van der Waals surface area contributed by atoms with Gasteiger partial charge in [-0.15, -0.1) is 0 Å². The summed E-state index contributed by atoms with van der Waals surface area (Å²) in [6.07, 6.45) is 6.46. The third-order valence-electron chi connectivity index (χ3n) is 6.96. The lowest BCUT2D eigenvalue weighted by molar-refractivity contribution is 0.0149. The number of likely N-dealkylation sites (tertiary alicyclic amines) is 1. The molecule has 0 radical (unpaired) electrons.